The smallest absolute Gasteiger partial charge is 0.410 e. The predicted molar refractivity (Wildman–Crippen MR) is 137 cm³/mol. The standard InChI is InChI=1S/C26H32N2O3S2/c1-19(27-33(30)26(2,3)4)23-15-16-24(32-23)22-14-10-9-13-21(22)17-28(5)25(29)31-18-20-11-7-6-8-12-20/h6-16,19,27H,17-18H2,1-5H3. The fourth-order valence-corrected chi connectivity index (χ4v) is 5.12. The molecule has 176 valence electrons. The fraction of sp³-hybridized carbons (Fsp3) is 0.346. The molecule has 0 saturated carbocycles. The maximum absolute atomic E-state index is 12.5. The Morgan fingerprint density at radius 3 is 2.45 bits per heavy atom. The molecule has 0 saturated heterocycles. The van der Waals surface area contributed by atoms with Gasteiger partial charge in [-0.2, -0.15) is 0 Å². The summed E-state index contributed by atoms with van der Waals surface area (Å²) in [6, 6.07) is 21.9. The van der Waals surface area contributed by atoms with E-state index >= 15 is 0 Å². The van der Waals surface area contributed by atoms with Gasteiger partial charge in [-0.1, -0.05) is 54.6 Å². The van der Waals surface area contributed by atoms with Gasteiger partial charge in [0.05, 0.1) is 6.04 Å². The van der Waals surface area contributed by atoms with E-state index in [1.807, 2.05) is 76.2 Å². The van der Waals surface area contributed by atoms with Gasteiger partial charge in [0.2, 0.25) is 0 Å². The van der Waals surface area contributed by atoms with Crippen molar-refractivity contribution in [1.29, 1.82) is 0 Å². The predicted octanol–water partition coefficient (Wildman–Crippen LogP) is 6.30. The summed E-state index contributed by atoms with van der Waals surface area (Å²) in [5.74, 6) is 0. The van der Waals surface area contributed by atoms with Crippen LogP contribution in [0.15, 0.2) is 66.7 Å². The molecule has 33 heavy (non-hydrogen) atoms. The van der Waals surface area contributed by atoms with Crippen molar-refractivity contribution < 1.29 is 14.1 Å². The molecule has 7 heteroatoms. The molecule has 0 aliphatic heterocycles. The van der Waals surface area contributed by atoms with Gasteiger partial charge >= 0.3 is 6.09 Å². The highest BCUT2D eigenvalue weighted by atomic mass is 32.2. The minimum atomic E-state index is -1.14. The van der Waals surface area contributed by atoms with Crippen LogP contribution in [0.4, 0.5) is 4.79 Å². The third kappa shape index (κ3) is 7.08. The lowest BCUT2D eigenvalue weighted by atomic mass is 10.1. The largest absolute Gasteiger partial charge is 0.598 e. The first kappa shape index (κ1) is 25.3. The molecule has 2 unspecified atom stereocenters. The molecule has 0 aliphatic carbocycles. The number of hydrogen-bond acceptors (Lipinski definition) is 5. The van der Waals surface area contributed by atoms with Crippen LogP contribution in [0.3, 0.4) is 0 Å². The first-order valence-corrected chi connectivity index (χ1v) is 12.9. The summed E-state index contributed by atoms with van der Waals surface area (Å²) in [5, 5.41) is 0. The lowest BCUT2D eigenvalue weighted by Gasteiger charge is -2.26. The molecule has 3 rings (SSSR count). The van der Waals surface area contributed by atoms with Crippen molar-refractivity contribution in [1.82, 2.24) is 9.62 Å². The van der Waals surface area contributed by atoms with Crippen molar-refractivity contribution in [3.8, 4) is 10.4 Å². The van der Waals surface area contributed by atoms with Crippen LogP contribution >= 0.6 is 11.3 Å². The Balaban J connectivity index is 1.67. The SMILES string of the molecule is CC(N[S+]([O-])C(C)(C)C)c1ccc(-c2ccccc2CN(C)C(=O)OCc2ccccc2)s1. The van der Waals surface area contributed by atoms with E-state index in [1.54, 1.807) is 23.3 Å². The van der Waals surface area contributed by atoms with Crippen molar-refractivity contribution in [2.45, 2.75) is 51.6 Å². The number of ether oxygens (including phenoxy) is 1. The Labute approximate surface area is 204 Å². The average molecular weight is 485 g/mol. The molecule has 1 amide bonds. The van der Waals surface area contributed by atoms with Crippen LogP contribution in [0.1, 0.15) is 49.7 Å². The van der Waals surface area contributed by atoms with Gasteiger partial charge < -0.3 is 14.2 Å². The molecule has 1 N–H and O–H groups in total. The molecule has 5 nitrogen and oxygen atoms in total. The van der Waals surface area contributed by atoms with Crippen molar-refractivity contribution in [3.63, 3.8) is 0 Å². The average Bonchev–Trinajstić information content (AvgIpc) is 3.28. The normalized spacial score (nSPS) is 13.4. The molecule has 2 aromatic carbocycles. The number of benzene rings is 2. The van der Waals surface area contributed by atoms with E-state index in [9.17, 15) is 9.35 Å². The lowest BCUT2D eigenvalue weighted by molar-refractivity contribution is 0.103. The van der Waals surface area contributed by atoms with Gasteiger partial charge in [0, 0.05) is 34.7 Å². The molecule has 0 spiro atoms. The number of nitrogens with one attached hydrogen (secondary N) is 1. The van der Waals surface area contributed by atoms with Gasteiger partial charge in [-0.3, -0.25) is 0 Å². The van der Waals surface area contributed by atoms with Crippen molar-refractivity contribution in [3.05, 3.63) is 82.7 Å². The van der Waals surface area contributed by atoms with Crippen molar-refractivity contribution in [2.75, 3.05) is 7.05 Å². The summed E-state index contributed by atoms with van der Waals surface area (Å²) in [5.41, 5.74) is 3.09. The van der Waals surface area contributed by atoms with Crippen LogP contribution < -0.4 is 4.72 Å². The van der Waals surface area contributed by atoms with Crippen LogP contribution in [0.5, 0.6) is 0 Å². The molecular weight excluding hydrogens is 452 g/mol. The molecule has 3 aromatic rings. The highest BCUT2D eigenvalue weighted by Crippen LogP contribution is 2.34. The number of hydrogen-bond donors (Lipinski definition) is 1. The van der Waals surface area contributed by atoms with Crippen LogP contribution in [-0.4, -0.2) is 27.3 Å². The summed E-state index contributed by atoms with van der Waals surface area (Å²) >= 11 is 0.534. The molecule has 0 radical (unpaired) electrons. The zero-order valence-electron chi connectivity index (χ0n) is 19.8. The second kappa shape index (κ2) is 11.2. The zero-order valence-corrected chi connectivity index (χ0v) is 21.5. The Kier molecular flexibility index (Phi) is 8.59. The van der Waals surface area contributed by atoms with Gasteiger partial charge in [-0.15, -0.1) is 16.1 Å². The summed E-state index contributed by atoms with van der Waals surface area (Å²) < 4.78 is 20.8. The molecular formula is C26H32N2O3S2. The number of amides is 1. The van der Waals surface area contributed by atoms with Gasteiger partial charge in [0.15, 0.2) is 0 Å². The summed E-state index contributed by atoms with van der Waals surface area (Å²) in [4.78, 5) is 16.3. The Hall–Kier alpha value is -2.32. The van der Waals surface area contributed by atoms with E-state index in [0.29, 0.717) is 6.54 Å². The number of thiophene rings is 1. The van der Waals surface area contributed by atoms with E-state index in [1.165, 1.54) is 0 Å². The van der Waals surface area contributed by atoms with E-state index in [2.05, 4.69) is 22.9 Å². The maximum Gasteiger partial charge on any atom is 0.410 e. The van der Waals surface area contributed by atoms with Crippen LogP contribution in [0, 0.1) is 0 Å². The monoisotopic (exact) mass is 484 g/mol. The summed E-state index contributed by atoms with van der Waals surface area (Å²) in [6.07, 6.45) is -0.358. The topological polar surface area (TPSA) is 64.6 Å². The second-order valence-electron chi connectivity index (χ2n) is 8.98. The van der Waals surface area contributed by atoms with Gasteiger partial charge in [0.1, 0.15) is 11.4 Å². The van der Waals surface area contributed by atoms with E-state index in [0.717, 1.165) is 26.4 Å². The fourth-order valence-electron chi connectivity index (χ4n) is 3.17. The highest BCUT2D eigenvalue weighted by molar-refractivity contribution is 7.90. The van der Waals surface area contributed by atoms with Crippen molar-refractivity contribution >= 4 is 28.8 Å². The highest BCUT2D eigenvalue weighted by Gasteiger charge is 2.28. The van der Waals surface area contributed by atoms with Crippen LogP contribution in [-0.2, 0) is 29.3 Å². The van der Waals surface area contributed by atoms with Gasteiger partial charge in [0.25, 0.3) is 0 Å². The first-order chi connectivity index (χ1) is 15.6. The molecule has 0 bridgehead atoms. The third-order valence-electron chi connectivity index (χ3n) is 5.10. The molecule has 0 aliphatic rings. The number of rotatable bonds is 8. The van der Waals surface area contributed by atoms with E-state index in [4.69, 9.17) is 4.74 Å². The molecule has 1 heterocycles. The quantitative estimate of drug-likeness (QED) is 0.381. The van der Waals surface area contributed by atoms with Gasteiger partial charge in [-0.25, -0.2) is 4.79 Å². The Morgan fingerprint density at radius 2 is 1.76 bits per heavy atom. The zero-order chi connectivity index (χ0) is 24.0. The minimum absolute atomic E-state index is 0.0217. The third-order valence-corrected chi connectivity index (χ3v) is 8.08. The van der Waals surface area contributed by atoms with E-state index in [-0.39, 0.29) is 23.5 Å². The maximum atomic E-state index is 12.5. The second-order valence-corrected chi connectivity index (χ2v) is 12.1. The minimum Gasteiger partial charge on any atom is -0.598 e. The Bertz CT molecular complexity index is 1050. The Morgan fingerprint density at radius 1 is 1.09 bits per heavy atom. The number of carbonyl (C=O) groups excluding carboxylic acids is 1. The van der Waals surface area contributed by atoms with E-state index < -0.39 is 11.4 Å². The summed E-state index contributed by atoms with van der Waals surface area (Å²) in [7, 11) is 1.75. The molecule has 0 fully saturated rings. The summed E-state index contributed by atoms with van der Waals surface area (Å²) in [6.45, 7) is 8.60. The first-order valence-electron chi connectivity index (χ1n) is 10.9. The van der Waals surface area contributed by atoms with Crippen LogP contribution in [0.25, 0.3) is 10.4 Å². The molecule has 2 atom stereocenters. The van der Waals surface area contributed by atoms with Crippen LogP contribution in [0.2, 0.25) is 0 Å². The van der Waals surface area contributed by atoms with Crippen molar-refractivity contribution in [2.24, 2.45) is 0 Å². The molecule has 1 aromatic heterocycles. The number of nitrogens with zero attached hydrogens (tertiary/aromatic N) is 1. The lowest BCUT2D eigenvalue weighted by Crippen LogP contribution is -2.40. The van der Waals surface area contributed by atoms with Gasteiger partial charge in [-0.05, 0) is 56.5 Å². The number of carbonyl (C=O) groups is 1.